The molecule has 1 atom stereocenters. The molecule has 2 aromatic carbocycles. The van der Waals surface area contributed by atoms with Gasteiger partial charge in [0.15, 0.2) is 0 Å². The van der Waals surface area contributed by atoms with E-state index in [1.165, 1.54) is 30.3 Å². The van der Waals surface area contributed by atoms with E-state index in [9.17, 15) is 13.9 Å². The van der Waals surface area contributed by atoms with Gasteiger partial charge in [0, 0.05) is 11.0 Å². The first-order chi connectivity index (χ1) is 10.0. The lowest BCUT2D eigenvalue weighted by Crippen LogP contribution is -2.26. The van der Waals surface area contributed by atoms with E-state index in [0.29, 0.717) is 11.4 Å². The Hall–Kier alpha value is -1.66. The van der Waals surface area contributed by atoms with E-state index in [2.05, 4.69) is 21.2 Å². The zero-order valence-corrected chi connectivity index (χ0v) is 12.6. The Morgan fingerprint density at radius 1 is 1.14 bits per heavy atom. The number of hydrogen-bond acceptors (Lipinski definition) is 3. The maximum Gasteiger partial charge on any atom is 0.146 e. The second-order valence-electron chi connectivity index (χ2n) is 4.42. The molecule has 112 valence electrons. The molecule has 0 radical (unpaired) electrons. The van der Waals surface area contributed by atoms with Crippen LogP contribution < -0.4 is 10.1 Å². The van der Waals surface area contributed by atoms with Crippen LogP contribution >= 0.6 is 15.9 Å². The number of aliphatic hydroxyl groups excluding tert-OH is 1. The smallest absolute Gasteiger partial charge is 0.146 e. The van der Waals surface area contributed by atoms with Gasteiger partial charge < -0.3 is 15.2 Å². The Labute approximate surface area is 129 Å². The van der Waals surface area contributed by atoms with Crippen molar-refractivity contribution in [3.8, 4) is 5.75 Å². The molecule has 0 bridgehead atoms. The zero-order chi connectivity index (χ0) is 15.2. The highest BCUT2D eigenvalue weighted by molar-refractivity contribution is 9.10. The van der Waals surface area contributed by atoms with E-state index in [4.69, 9.17) is 4.74 Å². The maximum absolute atomic E-state index is 13.5. The van der Waals surface area contributed by atoms with E-state index >= 15 is 0 Å². The number of halogens is 3. The van der Waals surface area contributed by atoms with Crippen LogP contribution in [0.15, 0.2) is 46.9 Å². The molecule has 21 heavy (non-hydrogen) atoms. The minimum Gasteiger partial charge on any atom is -0.491 e. The summed E-state index contributed by atoms with van der Waals surface area (Å²) in [6, 6.07) is 10.0. The normalized spacial score (nSPS) is 12.0. The van der Waals surface area contributed by atoms with Crippen LogP contribution in [0.3, 0.4) is 0 Å². The first kappa shape index (κ1) is 15.7. The second kappa shape index (κ2) is 7.38. The van der Waals surface area contributed by atoms with Gasteiger partial charge in [0.05, 0.1) is 5.69 Å². The summed E-state index contributed by atoms with van der Waals surface area (Å²) >= 11 is 3.25. The molecule has 1 unspecified atom stereocenters. The summed E-state index contributed by atoms with van der Waals surface area (Å²) in [5.41, 5.74) is 0.296. The minimum atomic E-state index is -0.826. The van der Waals surface area contributed by atoms with Crippen molar-refractivity contribution >= 4 is 21.6 Å². The highest BCUT2D eigenvalue weighted by Gasteiger charge is 2.08. The average Bonchev–Trinajstić information content (AvgIpc) is 2.47. The molecule has 2 N–H and O–H groups in total. The van der Waals surface area contributed by atoms with E-state index < -0.39 is 11.9 Å². The van der Waals surface area contributed by atoms with Crippen molar-refractivity contribution in [3.63, 3.8) is 0 Å². The topological polar surface area (TPSA) is 41.5 Å². The lowest BCUT2D eigenvalue weighted by atomic mass is 10.3. The van der Waals surface area contributed by atoms with Crippen molar-refractivity contribution in [1.82, 2.24) is 0 Å². The first-order valence-corrected chi connectivity index (χ1v) is 7.09. The van der Waals surface area contributed by atoms with Crippen LogP contribution in [0.25, 0.3) is 0 Å². The first-order valence-electron chi connectivity index (χ1n) is 6.30. The molecular formula is C15H14BrF2NO2. The van der Waals surface area contributed by atoms with Crippen molar-refractivity contribution < 1.29 is 18.6 Å². The molecule has 0 aliphatic heterocycles. The van der Waals surface area contributed by atoms with Crippen molar-refractivity contribution in [3.05, 3.63) is 58.6 Å². The van der Waals surface area contributed by atoms with Crippen LogP contribution in [0.4, 0.5) is 14.5 Å². The average molecular weight is 358 g/mol. The number of hydrogen-bond donors (Lipinski definition) is 2. The minimum absolute atomic E-state index is 0.0221. The fourth-order valence-corrected chi connectivity index (χ4v) is 2.00. The zero-order valence-electron chi connectivity index (χ0n) is 11.0. The monoisotopic (exact) mass is 357 g/mol. The lowest BCUT2D eigenvalue weighted by molar-refractivity contribution is 0.117. The van der Waals surface area contributed by atoms with Crippen LogP contribution in [0.1, 0.15) is 0 Å². The third-order valence-corrected chi connectivity index (χ3v) is 3.21. The summed E-state index contributed by atoms with van der Waals surface area (Å²) in [6.45, 7) is 0.156. The SMILES string of the molecule is OC(CNc1cc(Br)ccc1F)COc1ccc(F)cc1. The van der Waals surface area contributed by atoms with Crippen molar-refractivity contribution in [2.75, 3.05) is 18.5 Å². The van der Waals surface area contributed by atoms with E-state index in [1.54, 1.807) is 12.1 Å². The Balaban J connectivity index is 1.80. The van der Waals surface area contributed by atoms with E-state index in [1.807, 2.05) is 0 Å². The van der Waals surface area contributed by atoms with Crippen molar-refractivity contribution in [2.24, 2.45) is 0 Å². The van der Waals surface area contributed by atoms with Crippen molar-refractivity contribution in [1.29, 1.82) is 0 Å². The summed E-state index contributed by atoms with van der Waals surface area (Å²) in [5.74, 6) is -0.288. The van der Waals surface area contributed by atoms with Crippen LogP contribution in [-0.2, 0) is 0 Å². The lowest BCUT2D eigenvalue weighted by Gasteiger charge is -2.14. The number of nitrogens with one attached hydrogen (secondary N) is 1. The van der Waals surface area contributed by atoms with Gasteiger partial charge in [-0.3, -0.25) is 0 Å². The number of rotatable bonds is 6. The number of benzene rings is 2. The highest BCUT2D eigenvalue weighted by Crippen LogP contribution is 2.20. The predicted octanol–water partition coefficient (Wildman–Crippen LogP) is 3.58. The molecule has 0 amide bonds. The van der Waals surface area contributed by atoms with E-state index in [0.717, 1.165) is 4.47 Å². The Morgan fingerprint density at radius 2 is 1.86 bits per heavy atom. The summed E-state index contributed by atoms with van der Waals surface area (Å²) in [7, 11) is 0. The number of aliphatic hydroxyl groups is 1. The molecule has 0 fully saturated rings. The maximum atomic E-state index is 13.5. The third-order valence-electron chi connectivity index (χ3n) is 2.71. The summed E-state index contributed by atoms with van der Waals surface area (Å²) in [4.78, 5) is 0. The molecular weight excluding hydrogens is 344 g/mol. The molecule has 0 aliphatic carbocycles. The molecule has 2 aromatic rings. The molecule has 0 saturated heterocycles. The molecule has 0 heterocycles. The van der Waals surface area contributed by atoms with Gasteiger partial charge in [-0.2, -0.15) is 0 Å². The van der Waals surface area contributed by atoms with Crippen LogP contribution in [0, 0.1) is 11.6 Å². The van der Waals surface area contributed by atoms with Gasteiger partial charge in [-0.1, -0.05) is 15.9 Å². The molecule has 0 spiro atoms. The van der Waals surface area contributed by atoms with Crippen LogP contribution in [0.2, 0.25) is 0 Å². The van der Waals surface area contributed by atoms with Gasteiger partial charge >= 0.3 is 0 Å². The standard InChI is InChI=1S/C15H14BrF2NO2/c16-10-1-6-14(18)15(7-10)19-8-12(20)9-21-13-4-2-11(17)3-5-13/h1-7,12,19-20H,8-9H2. The van der Waals surface area contributed by atoms with Gasteiger partial charge in [0.2, 0.25) is 0 Å². The second-order valence-corrected chi connectivity index (χ2v) is 5.34. The summed E-state index contributed by atoms with van der Waals surface area (Å²) in [5, 5.41) is 12.6. The molecule has 3 nitrogen and oxygen atoms in total. The van der Waals surface area contributed by atoms with Crippen molar-refractivity contribution in [2.45, 2.75) is 6.10 Å². The van der Waals surface area contributed by atoms with Gasteiger partial charge in [0.25, 0.3) is 0 Å². The highest BCUT2D eigenvalue weighted by atomic mass is 79.9. The fraction of sp³-hybridized carbons (Fsp3) is 0.200. The largest absolute Gasteiger partial charge is 0.491 e. The third kappa shape index (κ3) is 4.99. The quantitative estimate of drug-likeness (QED) is 0.830. The van der Waals surface area contributed by atoms with Gasteiger partial charge in [-0.25, -0.2) is 8.78 Å². The molecule has 0 aliphatic rings. The van der Waals surface area contributed by atoms with Gasteiger partial charge in [-0.15, -0.1) is 0 Å². The van der Waals surface area contributed by atoms with Gasteiger partial charge in [-0.05, 0) is 42.5 Å². The number of ether oxygens (including phenoxy) is 1. The molecule has 2 rings (SSSR count). The Bertz CT molecular complexity index is 593. The fourth-order valence-electron chi connectivity index (χ4n) is 1.64. The summed E-state index contributed by atoms with van der Waals surface area (Å²) in [6.07, 6.45) is -0.826. The molecule has 0 aromatic heterocycles. The molecule has 0 saturated carbocycles. The Morgan fingerprint density at radius 3 is 2.57 bits per heavy atom. The summed E-state index contributed by atoms with van der Waals surface area (Å²) < 4.78 is 32.2. The molecule has 6 heteroatoms. The van der Waals surface area contributed by atoms with Crippen LogP contribution in [-0.4, -0.2) is 24.4 Å². The van der Waals surface area contributed by atoms with E-state index in [-0.39, 0.29) is 19.0 Å². The predicted molar refractivity (Wildman–Crippen MR) is 80.5 cm³/mol. The number of anilines is 1. The van der Waals surface area contributed by atoms with Crippen LogP contribution in [0.5, 0.6) is 5.75 Å². The van der Waals surface area contributed by atoms with Gasteiger partial charge in [0.1, 0.15) is 30.1 Å². The Kier molecular flexibility index (Phi) is 5.52.